The van der Waals surface area contributed by atoms with Gasteiger partial charge in [0.15, 0.2) is 17.3 Å². The summed E-state index contributed by atoms with van der Waals surface area (Å²) in [5.74, 6) is 2.32. The van der Waals surface area contributed by atoms with E-state index in [-0.39, 0.29) is 12.4 Å². The highest BCUT2D eigenvalue weighted by atomic mass is 16.5. The number of carbonyl (C=O) groups excluding carboxylic acids is 1. The van der Waals surface area contributed by atoms with Crippen molar-refractivity contribution in [2.45, 2.75) is 6.61 Å². The third kappa shape index (κ3) is 5.12. The van der Waals surface area contributed by atoms with Gasteiger partial charge in [-0.1, -0.05) is 30.3 Å². The minimum atomic E-state index is -0.486. The van der Waals surface area contributed by atoms with Crippen LogP contribution in [0.4, 0.5) is 0 Å². The zero-order valence-corrected chi connectivity index (χ0v) is 19.0. The largest absolute Gasteiger partial charge is 0.493 e. The Morgan fingerprint density at radius 3 is 2.35 bits per heavy atom. The maximum absolute atomic E-state index is 12.4. The van der Waals surface area contributed by atoms with Crippen LogP contribution >= 0.6 is 0 Å². The molecule has 1 amide bonds. The first-order chi connectivity index (χ1) is 16.6. The van der Waals surface area contributed by atoms with Crippen LogP contribution in [-0.2, 0) is 6.61 Å². The first kappa shape index (κ1) is 22.7. The molecule has 0 aliphatic carbocycles. The summed E-state index contributed by atoms with van der Waals surface area (Å²) in [7, 11) is 4.58. The van der Waals surface area contributed by atoms with Gasteiger partial charge >= 0.3 is 5.91 Å². The van der Waals surface area contributed by atoms with E-state index < -0.39 is 5.91 Å². The van der Waals surface area contributed by atoms with Crippen LogP contribution in [0.25, 0.3) is 10.8 Å². The molecule has 1 aromatic heterocycles. The van der Waals surface area contributed by atoms with Crippen molar-refractivity contribution in [1.82, 2.24) is 5.43 Å². The average Bonchev–Trinajstić information content (AvgIpc) is 3.36. The molecule has 34 heavy (non-hydrogen) atoms. The van der Waals surface area contributed by atoms with Crippen molar-refractivity contribution in [3.63, 3.8) is 0 Å². The number of carbonyl (C=O) groups is 1. The van der Waals surface area contributed by atoms with Gasteiger partial charge in [-0.3, -0.25) is 4.79 Å². The molecule has 4 aromatic rings. The molecule has 0 spiro atoms. The Morgan fingerprint density at radius 2 is 1.65 bits per heavy atom. The molecular formula is C26H24N2O6. The number of ether oxygens (including phenoxy) is 4. The monoisotopic (exact) mass is 460 g/mol. The lowest BCUT2D eigenvalue weighted by Gasteiger charge is -2.12. The molecule has 0 fully saturated rings. The van der Waals surface area contributed by atoms with Gasteiger partial charge in [0.1, 0.15) is 18.1 Å². The summed E-state index contributed by atoms with van der Waals surface area (Å²) in [6.07, 6.45) is 1.47. The van der Waals surface area contributed by atoms with Crippen LogP contribution in [0.2, 0.25) is 0 Å². The van der Waals surface area contributed by atoms with Gasteiger partial charge in [0, 0.05) is 5.56 Å². The van der Waals surface area contributed by atoms with E-state index in [4.69, 9.17) is 23.4 Å². The van der Waals surface area contributed by atoms with Crippen LogP contribution in [0.15, 0.2) is 76.2 Å². The fourth-order valence-electron chi connectivity index (χ4n) is 3.39. The van der Waals surface area contributed by atoms with Crippen molar-refractivity contribution in [2.24, 2.45) is 5.10 Å². The molecule has 174 valence electrons. The number of methoxy groups -OCH3 is 3. The highest BCUT2D eigenvalue weighted by molar-refractivity contribution is 5.92. The molecule has 0 bridgehead atoms. The number of benzene rings is 3. The molecule has 0 unspecified atom stereocenters. The number of rotatable bonds is 9. The van der Waals surface area contributed by atoms with Crippen LogP contribution in [-0.4, -0.2) is 33.5 Å². The normalized spacial score (nSPS) is 10.9. The van der Waals surface area contributed by atoms with Crippen LogP contribution in [0.3, 0.4) is 0 Å². The minimum Gasteiger partial charge on any atom is -0.493 e. The Kier molecular flexibility index (Phi) is 6.98. The van der Waals surface area contributed by atoms with Crippen molar-refractivity contribution < 1.29 is 28.2 Å². The summed E-state index contributed by atoms with van der Waals surface area (Å²) in [5.41, 5.74) is 3.09. The third-order valence-corrected chi connectivity index (χ3v) is 5.05. The second-order valence-corrected chi connectivity index (χ2v) is 7.22. The van der Waals surface area contributed by atoms with Crippen LogP contribution in [0.1, 0.15) is 21.9 Å². The van der Waals surface area contributed by atoms with Gasteiger partial charge in [0.25, 0.3) is 0 Å². The van der Waals surface area contributed by atoms with E-state index >= 15 is 0 Å². The fraction of sp³-hybridized carbons (Fsp3) is 0.154. The number of furan rings is 1. The van der Waals surface area contributed by atoms with Gasteiger partial charge in [-0.2, -0.15) is 5.10 Å². The molecule has 3 aromatic carbocycles. The Hall–Kier alpha value is -4.46. The van der Waals surface area contributed by atoms with Crippen molar-refractivity contribution in [3.05, 3.63) is 83.8 Å². The number of nitrogens with zero attached hydrogens (tertiary/aromatic N) is 1. The Balaban J connectivity index is 1.36. The maximum atomic E-state index is 12.4. The second-order valence-electron chi connectivity index (χ2n) is 7.22. The zero-order valence-electron chi connectivity index (χ0n) is 19.0. The average molecular weight is 460 g/mol. The number of hydrogen-bond acceptors (Lipinski definition) is 7. The molecule has 0 aliphatic rings. The predicted molar refractivity (Wildman–Crippen MR) is 128 cm³/mol. The first-order valence-electron chi connectivity index (χ1n) is 10.4. The highest BCUT2D eigenvalue weighted by Gasteiger charge is 2.13. The van der Waals surface area contributed by atoms with Crippen LogP contribution < -0.4 is 24.4 Å². The van der Waals surface area contributed by atoms with E-state index in [0.29, 0.717) is 28.6 Å². The lowest BCUT2D eigenvalue weighted by molar-refractivity contribution is 0.0923. The number of fused-ring (bicyclic) bond motifs is 1. The van der Waals surface area contributed by atoms with Gasteiger partial charge in [0.2, 0.25) is 5.75 Å². The van der Waals surface area contributed by atoms with Gasteiger partial charge in [-0.15, -0.1) is 0 Å². The summed E-state index contributed by atoms with van der Waals surface area (Å²) >= 11 is 0. The van der Waals surface area contributed by atoms with Crippen LogP contribution in [0, 0.1) is 0 Å². The Bertz CT molecular complexity index is 1300. The smallest absolute Gasteiger partial charge is 0.307 e. The second kappa shape index (κ2) is 10.4. The van der Waals surface area contributed by atoms with E-state index in [1.807, 2.05) is 42.5 Å². The van der Waals surface area contributed by atoms with E-state index in [9.17, 15) is 4.79 Å². The SMILES string of the molecule is COc1cc(/C=N\NC(=O)c2ccc(COc3ccc4ccccc4c3)o2)cc(OC)c1OC. The topological polar surface area (TPSA) is 91.5 Å². The molecular weight excluding hydrogens is 436 g/mol. The number of amides is 1. The minimum absolute atomic E-state index is 0.124. The molecule has 0 saturated heterocycles. The standard InChI is InChI=1S/C26H24N2O6/c1-30-23-12-17(13-24(31-2)25(23)32-3)15-27-28-26(29)22-11-10-21(34-22)16-33-20-9-8-18-6-4-5-7-19(18)14-20/h4-15H,16H2,1-3H3,(H,28,29)/b27-15-. The summed E-state index contributed by atoms with van der Waals surface area (Å²) < 4.78 is 27.3. The molecule has 0 saturated carbocycles. The highest BCUT2D eigenvalue weighted by Crippen LogP contribution is 2.37. The third-order valence-electron chi connectivity index (χ3n) is 5.05. The van der Waals surface area contributed by atoms with E-state index in [1.54, 1.807) is 24.3 Å². The fourth-order valence-corrected chi connectivity index (χ4v) is 3.39. The van der Waals surface area contributed by atoms with E-state index in [0.717, 1.165) is 16.5 Å². The lowest BCUT2D eigenvalue weighted by Crippen LogP contribution is -2.16. The summed E-state index contributed by atoms with van der Waals surface area (Å²) in [4.78, 5) is 12.4. The summed E-state index contributed by atoms with van der Waals surface area (Å²) in [5, 5.41) is 6.21. The Morgan fingerprint density at radius 1 is 0.912 bits per heavy atom. The number of nitrogens with one attached hydrogen (secondary N) is 1. The molecule has 0 radical (unpaired) electrons. The van der Waals surface area contributed by atoms with Gasteiger partial charge in [0.05, 0.1) is 27.5 Å². The van der Waals surface area contributed by atoms with Gasteiger partial charge < -0.3 is 23.4 Å². The molecule has 8 nitrogen and oxygen atoms in total. The number of hydrazone groups is 1. The van der Waals surface area contributed by atoms with E-state index in [2.05, 4.69) is 10.5 Å². The molecule has 1 N–H and O–H groups in total. The predicted octanol–water partition coefficient (Wildman–Crippen LogP) is 4.80. The number of hydrogen-bond donors (Lipinski definition) is 1. The maximum Gasteiger partial charge on any atom is 0.307 e. The quantitative estimate of drug-likeness (QED) is 0.285. The molecule has 4 rings (SSSR count). The zero-order chi connectivity index (χ0) is 23.9. The van der Waals surface area contributed by atoms with Crippen molar-refractivity contribution in [1.29, 1.82) is 0 Å². The van der Waals surface area contributed by atoms with E-state index in [1.165, 1.54) is 27.5 Å². The molecule has 0 aliphatic heterocycles. The summed E-state index contributed by atoms with van der Waals surface area (Å²) in [6, 6.07) is 20.6. The lowest BCUT2D eigenvalue weighted by atomic mass is 10.1. The molecule has 0 atom stereocenters. The van der Waals surface area contributed by atoms with Gasteiger partial charge in [-0.25, -0.2) is 5.43 Å². The molecule has 1 heterocycles. The van der Waals surface area contributed by atoms with Crippen molar-refractivity contribution in [3.8, 4) is 23.0 Å². The Labute approximate surface area is 196 Å². The summed E-state index contributed by atoms with van der Waals surface area (Å²) in [6.45, 7) is 0.195. The van der Waals surface area contributed by atoms with Crippen molar-refractivity contribution in [2.75, 3.05) is 21.3 Å². The van der Waals surface area contributed by atoms with Gasteiger partial charge in [-0.05, 0) is 47.2 Å². The molecule has 8 heteroatoms. The van der Waals surface area contributed by atoms with Crippen LogP contribution in [0.5, 0.6) is 23.0 Å². The first-order valence-corrected chi connectivity index (χ1v) is 10.4. The van der Waals surface area contributed by atoms with Crippen molar-refractivity contribution >= 4 is 22.9 Å².